The molecule has 0 aliphatic carbocycles. The molecule has 2 aromatic rings. The molecule has 154 valence electrons. The van der Waals surface area contributed by atoms with Crippen molar-refractivity contribution >= 4 is 40.5 Å². The van der Waals surface area contributed by atoms with Crippen LogP contribution >= 0.6 is 11.8 Å². The van der Waals surface area contributed by atoms with Crippen molar-refractivity contribution in [2.75, 3.05) is 24.2 Å². The quantitative estimate of drug-likeness (QED) is 0.331. The number of fused-ring (bicyclic) bond motifs is 1. The number of thioether (sulfide) groups is 1. The van der Waals surface area contributed by atoms with Gasteiger partial charge in [0.1, 0.15) is 5.82 Å². The van der Waals surface area contributed by atoms with Crippen LogP contribution in [0.5, 0.6) is 0 Å². The molecule has 10 heteroatoms. The molecule has 0 bridgehead atoms. The Kier molecular flexibility index (Phi) is 8.49. The SMILES string of the molecule is CCOC(=O)CCC(=O)NCCn1ncc2c(NC(C)C)nc(SCC)nc21. The van der Waals surface area contributed by atoms with Crippen molar-refractivity contribution in [3.8, 4) is 0 Å². The Morgan fingerprint density at radius 2 is 2.04 bits per heavy atom. The van der Waals surface area contributed by atoms with Gasteiger partial charge >= 0.3 is 5.97 Å². The zero-order chi connectivity index (χ0) is 20.5. The number of hydrogen-bond acceptors (Lipinski definition) is 8. The molecule has 0 fully saturated rings. The first-order valence-corrected chi connectivity index (χ1v) is 10.5. The topological polar surface area (TPSA) is 111 Å². The van der Waals surface area contributed by atoms with Crippen LogP contribution in [0, 0.1) is 0 Å². The minimum absolute atomic E-state index is 0.0828. The standard InChI is InChI=1S/C18H28N6O3S/c1-5-27-15(26)8-7-14(25)19-9-10-24-17-13(11-20-24)16(21-12(3)4)22-18(23-17)28-6-2/h11-12H,5-10H2,1-4H3,(H,19,25)(H,21,22,23). The van der Waals surface area contributed by atoms with Crippen molar-refractivity contribution < 1.29 is 14.3 Å². The highest BCUT2D eigenvalue weighted by molar-refractivity contribution is 7.99. The molecule has 0 radical (unpaired) electrons. The number of esters is 1. The number of nitrogens with zero attached hydrogens (tertiary/aromatic N) is 4. The van der Waals surface area contributed by atoms with Crippen LogP contribution in [-0.2, 0) is 20.9 Å². The second-order valence-electron chi connectivity index (χ2n) is 6.35. The Bertz CT molecular complexity index is 808. The molecule has 0 spiro atoms. The number of carbonyl (C=O) groups is 2. The fourth-order valence-corrected chi connectivity index (χ4v) is 3.08. The van der Waals surface area contributed by atoms with E-state index in [9.17, 15) is 9.59 Å². The van der Waals surface area contributed by atoms with Crippen LogP contribution in [0.25, 0.3) is 11.0 Å². The summed E-state index contributed by atoms with van der Waals surface area (Å²) in [4.78, 5) is 32.4. The van der Waals surface area contributed by atoms with Crippen LogP contribution < -0.4 is 10.6 Å². The summed E-state index contributed by atoms with van der Waals surface area (Å²) in [5, 5.41) is 12.1. The monoisotopic (exact) mass is 408 g/mol. The van der Waals surface area contributed by atoms with Gasteiger partial charge in [-0.25, -0.2) is 14.6 Å². The molecule has 2 rings (SSSR count). The van der Waals surface area contributed by atoms with Gasteiger partial charge in [0.2, 0.25) is 5.91 Å². The van der Waals surface area contributed by atoms with Gasteiger partial charge in [0.05, 0.1) is 31.2 Å². The van der Waals surface area contributed by atoms with E-state index in [1.165, 1.54) is 0 Å². The fourth-order valence-electron chi connectivity index (χ4n) is 2.51. The van der Waals surface area contributed by atoms with Gasteiger partial charge in [0.25, 0.3) is 0 Å². The van der Waals surface area contributed by atoms with E-state index >= 15 is 0 Å². The van der Waals surface area contributed by atoms with Gasteiger partial charge in [-0.2, -0.15) is 5.10 Å². The summed E-state index contributed by atoms with van der Waals surface area (Å²) >= 11 is 1.57. The minimum Gasteiger partial charge on any atom is -0.466 e. The van der Waals surface area contributed by atoms with Gasteiger partial charge in [0.15, 0.2) is 10.8 Å². The average molecular weight is 409 g/mol. The van der Waals surface area contributed by atoms with E-state index < -0.39 is 0 Å². The number of aromatic nitrogens is 4. The maximum atomic E-state index is 11.9. The van der Waals surface area contributed by atoms with Crippen molar-refractivity contribution in [2.24, 2.45) is 0 Å². The van der Waals surface area contributed by atoms with Crippen LogP contribution in [0.1, 0.15) is 40.5 Å². The van der Waals surface area contributed by atoms with E-state index in [1.54, 1.807) is 29.6 Å². The molecule has 0 aromatic carbocycles. The van der Waals surface area contributed by atoms with Gasteiger partial charge in [0, 0.05) is 19.0 Å². The Hall–Kier alpha value is -2.36. The third kappa shape index (κ3) is 6.36. The summed E-state index contributed by atoms with van der Waals surface area (Å²) in [6, 6.07) is 0.236. The molecule has 0 aliphatic rings. The van der Waals surface area contributed by atoms with Gasteiger partial charge in [-0.1, -0.05) is 18.7 Å². The van der Waals surface area contributed by atoms with E-state index in [0.717, 1.165) is 22.6 Å². The van der Waals surface area contributed by atoms with Crippen molar-refractivity contribution in [3.05, 3.63) is 6.20 Å². The van der Waals surface area contributed by atoms with Crippen LogP contribution in [0.3, 0.4) is 0 Å². The number of rotatable bonds is 11. The van der Waals surface area contributed by atoms with Crippen molar-refractivity contribution in [2.45, 2.75) is 58.3 Å². The molecule has 2 aromatic heterocycles. The highest BCUT2D eigenvalue weighted by Crippen LogP contribution is 2.24. The first-order chi connectivity index (χ1) is 13.4. The molecule has 0 saturated heterocycles. The second-order valence-corrected chi connectivity index (χ2v) is 7.58. The molecule has 2 N–H and O–H groups in total. The van der Waals surface area contributed by atoms with Crippen molar-refractivity contribution in [1.29, 1.82) is 0 Å². The normalized spacial score (nSPS) is 11.0. The van der Waals surface area contributed by atoms with Crippen LogP contribution in [-0.4, -0.2) is 56.6 Å². The second kappa shape index (κ2) is 10.8. The summed E-state index contributed by atoms with van der Waals surface area (Å²) in [5.74, 6) is 1.08. The number of carbonyl (C=O) groups excluding carboxylic acids is 2. The largest absolute Gasteiger partial charge is 0.466 e. The Labute approximate surface area is 169 Å². The third-order valence-electron chi connectivity index (χ3n) is 3.68. The van der Waals surface area contributed by atoms with Crippen LogP contribution in [0.15, 0.2) is 11.4 Å². The molecule has 0 atom stereocenters. The molecule has 0 unspecified atom stereocenters. The molecule has 0 aliphatic heterocycles. The van der Waals surface area contributed by atoms with E-state index in [-0.39, 0.29) is 30.8 Å². The van der Waals surface area contributed by atoms with Crippen molar-refractivity contribution in [3.63, 3.8) is 0 Å². The van der Waals surface area contributed by atoms with Gasteiger partial charge < -0.3 is 15.4 Å². The zero-order valence-corrected chi connectivity index (χ0v) is 17.6. The van der Waals surface area contributed by atoms with E-state index in [4.69, 9.17) is 4.74 Å². The summed E-state index contributed by atoms with van der Waals surface area (Å²) in [7, 11) is 0. The summed E-state index contributed by atoms with van der Waals surface area (Å²) in [6.45, 7) is 9.09. The number of ether oxygens (including phenoxy) is 1. The molecule has 0 saturated carbocycles. The van der Waals surface area contributed by atoms with Gasteiger partial charge in [-0.05, 0) is 26.5 Å². The van der Waals surface area contributed by atoms with Crippen LogP contribution in [0.2, 0.25) is 0 Å². The maximum absolute atomic E-state index is 11.9. The van der Waals surface area contributed by atoms with Gasteiger partial charge in [-0.3, -0.25) is 9.59 Å². The molecular weight excluding hydrogens is 380 g/mol. The van der Waals surface area contributed by atoms with E-state index in [2.05, 4.69) is 46.5 Å². The lowest BCUT2D eigenvalue weighted by Gasteiger charge is -2.11. The molecule has 2 heterocycles. The predicted molar refractivity (Wildman–Crippen MR) is 109 cm³/mol. The number of nitrogens with one attached hydrogen (secondary N) is 2. The lowest BCUT2D eigenvalue weighted by Crippen LogP contribution is -2.28. The fraction of sp³-hybridized carbons (Fsp3) is 0.611. The lowest BCUT2D eigenvalue weighted by atomic mass is 10.3. The Morgan fingerprint density at radius 3 is 2.71 bits per heavy atom. The highest BCUT2D eigenvalue weighted by atomic mass is 32.2. The van der Waals surface area contributed by atoms with Gasteiger partial charge in [-0.15, -0.1) is 0 Å². The lowest BCUT2D eigenvalue weighted by molar-refractivity contribution is -0.144. The number of anilines is 1. The summed E-state index contributed by atoms with van der Waals surface area (Å²) in [5.41, 5.74) is 0.731. The van der Waals surface area contributed by atoms with E-state index in [0.29, 0.717) is 24.9 Å². The zero-order valence-electron chi connectivity index (χ0n) is 16.8. The number of hydrogen-bond donors (Lipinski definition) is 2. The Morgan fingerprint density at radius 1 is 1.25 bits per heavy atom. The molecule has 9 nitrogen and oxygen atoms in total. The molecule has 28 heavy (non-hydrogen) atoms. The molecular formula is C18H28N6O3S. The highest BCUT2D eigenvalue weighted by Gasteiger charge is 2.14. The summed E-state index contributed by atoms with van der Waals surface area (Å²) in [6.07, 6.45) is 1.93. The number of amides is 1. The minimum atomic E-state index is -0.362. The average Bonchev–Trinajstić information content (AvgIpc) is 3.03. The third-order valence-corrected chi connectivity index (χ3v) is 4.41. The summed E-state index contributed by atoms with van der Waals surface area (Å²) < 4.78 is 6.58. The maximum Gasteiger partial charge on any atom is 0.306 e. The molecule has 1 amide bonds. The first kappa shape index (κ1) is 21.9. The van der Waals surface area contributed by atoms with E-state index in [1.807, 2.05) is 0 Å². The van der Waals surface area contributed by atoms with Crippen molar-refractivity contribution in [1.82, 2.24) is 25.1 Å². The predicted octanol–water partition coefficient (Wildman–Crippen LogP) is 2.22. The first-order valence-electron chi connectivity index (χ1n) is 9.49. The van der Waals surface area contributed by atoms with Crippen LogP contribution in [0.4, 0.5) is 5.82 Å². The smallest absolute Gasteiger partial charge is 0.306 e. The Balaban J connectivity index is 2.01.